The smallest absolute Gasteiger partial charge is 0.0595 e. The van der Waals surface area contributed by atoms with E-state index in [1.54, 1.807) is 0 Å². The second kappa shape index (κ2) is 8.23. The third-order valence-electron chi connectivity index (χ3n) is 3.86. The van der Waals surface area contributed by atoms with Crippen LogP contribution < -0.4 is 5.32 Å². The monoisotopic (exact) mass is 314 g/mol. The van der Waals surface area contributed by atoms with Gasteiger partial charge in [0.2, 0.25) is 0 Å². The molecule has 1 heterocycles. The quantitative estimate of drug-likeness (QED) is 0.805. The largest absolute Gasteiger partial charge is 0.313 e. The molecule has 0 saturated carbocycles. The minimum absolute atomic E-state index is 0.632. The zero-order chi connectivity index (χ0) is 14.4. The lowest BCUT2D eigenvalue weighted by molar-refractivity contribution is 0.237. The summed E-state index contributed by atoms with van der Waals surface area (Å²) in [5.74, 6) is 0. The van der Waals surface area contributed by atoms with Crippen LogP contribution in [0.3, 0.4) is 0 Å². The van der Waals surface area contributed by atoms with Gasteiger partial charge in [-0.3, -0.25) is 4.90 Å². The molecule has 1 N–H and O–H groups in total. The molecule has 2 nitrogen and oxygen atoms in total. The van der Waals surface area contributed by atoms with E-state index in [2.05, 4.69) is 23.2 Å². The Balaban J connectivity index is 1.95. The van der Waals surface area contributed by atoms with E-state index in [-0.39, 0.29) is 0 Å². The minimum atomic E-state index is 0.632. The predicted octanol–water partition coefficient (Wildman–Crippen LogP) is 4.35. The van der Waals surface area contributed by atoms with Crippen molar-refractivity contribution < 1.29 is 0 Å². The van der Waals surface area contributed by atoms with Gasteiger partial charge in [0, 0.05) is 19.1 Å². The molecule has 1 unspecified atom stereocenters. The molecule has 1 aromatic carbocycles. The van der Waals surface area contributed by atoms with Gasteiger partial charge in [0.25, 0.3) is 0 Å². The third-order valence-corrected chi connectivity index (χ3v) is 4.60. The van der Waals surface area contributed by atoms with E-state index in [0.29, 0.717) is 16.1 Å². The lowest BCUT2D eigenvalue weighted by Crippen LogP contribution is -2.37. The highest BCUT2D eigenvalue weighted by Gasteiger charge is 2.18. The van der Waals surface area contributed by atoms with Crippen LogP contribution in [0.5, 0.6) is 0 Å². The highest BCUT2D eigenvalue weighted by atomic mass is 35.5. The zero-order valence-electron chi connectivity index (χ0n) is 12.2. The van der Waals surface area contributed by atoms with Crippen molar-refractivity contribution in [3.8, 4) is 0 Å². The molecule has 0 amide bonds. The molecule has 0 aromatic heterocycles. The zero-order valence-corrected chi connectivity index (χ0v) is 13.7. The highest BCUT2D eigenvalue weighted by Crippen LogP contribution is 2.23. The fraction of sp³-hybridized carbons (Fsp3) is 0.625. The van der Waals surface area contributed by atoms with Gasteiger partial charge in [-0.15, -0.1) is 0 Å². The second-order valence-corrected chi connectivity index (χ2v) is 6.44. The Morgan fingerprint density at radius 1 is 1.30 bits per heavy atom. The van der Waals surface area contributed by atoms with Gasteiger partial charge in [0.05, 0.1) is 10.0 Å². The van der Waals surface area contributed by atoms with Gasteiger partial charge in [0.1, 0.15) is 0 Å². The molecule has 2 rings (SSSR count). The van der Waals surface area contributed by atoms with Gasteiger partial charge in [-0.25, -0.2) is 0 Å². The highest BCUT2D eigenvalue weighted by molar-refractivity contribution is 6.42. The fourth-order valence-corrected chi connectivity index (χ4v) is 3.06. The Morgan fingerprint density at radius 3 is 2.80 bits per heavy atom. The van der Waals surface area contributed by atoms with Gasteiger partial charge in [0.15, 0.2) is 0 Å². The minimum Gasteiger partial charge on any atom is -0.313 e. The molecule has 112 valence electrons. The summed E-state index contributed by atoms with van der Waals surface area (Å²) < 4.78 is 0. The van der Waals surface area contributed by atoms with Crippen LogP contribution in [0.2, 0.25) is 10.0 Å². The Labute approximate surface area is 132 Å². The molecular formula is C16H24Cl2N2. The van der Waals surface area contributed by atoms with Crippen LogP contribution in [0.15, 0.2) is 18.2 Å². The van der Waals surface area contributed by atoms with Gasteiger partial charge >= 0.3 is 0 Å². The Bertz CT molecular complexity index is 417. The van der Waals surface area contributed by atoms with E-state index < -0.39 is 0 Å². The molecule has 4 heteroatoms. The predicted molar refractivity (Wildman–Crippen MR) is 87.7 cm³/mol. The summed E-state index contributed by atoms with van der Waals surface area (Å²) in [7, 11) is 0. The molecule has 1 aliphatic heterocycles. The Hall–Kier alpha value is -0.280. The first-order valence-electron chi connectivity index (χ1n) is 7.58. The first kappa shape index (κ1) is 16.1. The number of hydrogen-bond donors (Lipinski definition) is 1. The van der Waals surface area contributed by atoms with Crippen molar-refractivity contribution in [3.63, 3.8) is 0 Å². The first-order valence-corrected chi connectivity index (χ1v) is 8.34. The number of benzene rings is 1. The van der Waals surface area contributed by atoms with E-state index in [0.717, 1.165) is 19.6 Å². The molecule has 0 aliphatic carbocycles. The molecule has 1 aliphatic rings. The molecule has 1 saturated heterocycles. The molecule has 0 spiro atoms. The Morgan fingerprint density at radius 2 is 2.15 bits per heavy atom. The van der Waals surface area contributed by atoms with Crippen LogP contribution in [0.4, 0.5) is 0 Å². The van der Waals surface area contributed by atoms with Crippen molar-refractivity contribution in [1.82, 2.24) is 10.2 Å². The van der Waals surface area contributed by atoms with Crippen LogP contribution in [-0.4, -0.2) is 30.6 Å². The van der Waals surface area contributed by atoms with Crippen LogP contribution >= 0.6 is 23.2 Å². The molecule has 20 heavy (non-hydrogen) atoms. The summed E-state index contributed by atoms with van der Waals surface area (Å²) in [6.07, 6.45) is 5.08. The standard InChI is InChI=1S/C16H24Cl2N2/c1-2-3-9-20(12-14-5-4-8-19-14)11-13-6-7-15(17)16(18)10-13/h6-7,10,14,19H,2-5,8-9,11-12H2,1H3. The molecular weight excluding hydrogens is 291 g/mol. The van der Waals surface area contributed by atoms with Gasteiger partial charge in [-0.2, -0.15) is 0 Å². The fourth-order valence-electron chi connectivity index (χ4n) is 2.74. The molecule has 1 fully saturated rings. The van der Waals surface area contributed by atoms with Crippen molar-refractivity contribution in [2.75, 3.05) is 19.6 Å². The maximum Gasteiger partial charge on any atom is 0.0595 e. The van der Waals surface area contributed by atoms with Crippen molar-refractivity contribution >= 4 is 23.2 Å². The number of unbranched alkanes of at least 4 members (excludes halogenated alkanes) is 1. The summed E-state index contributed by atoms with van der Waals surface area (Å²) in [4.78, 5) is 2.53. The molecule has 0 radical (unpaired) electrons. The number of nitrogens with one attached hydrogen (secondary N) is 1. The van der Waals surface area contributed by atoms with Gasteiger partial charge in [-0.05, 0) is 50.0 Å². The summed E-state index contributed by atoms with van der Waals surface area (Å²) >= 11 is 12.1. The molecule has 1 atom stereocenters. The van der Waals surface area contributed by atoms with Crippen molar-refractivity contribution in [2.24, 2.45) is 0 Å². The Kier molecular flexibility index (Phi) is 6.63. The van der Waals surface area contributed by atoms with Crippen molar-refractivity contribution in [1.29, 1.82) is 0 Å². The van der Waals surface area contributed by atoms with Crippen molar-refractivity contribution in [2.45, 2.75) is 45.2 Å². The van der Waals surface area contributed by atoms with Crippen molar-refractivity contribution in [3.05, 3.63) is 33.8 Å². The lowest BCUT2D eigenvalue weighted by Gasteiger charge is -2.25. The van der Waals surface area contributed by atoms with Gasteiger partial charge < -0.3 is 5.32 Å². The summed E-state index contributed by atoms with van der Waals surface area (Å²) in [5, 5.41) is 4.86. The lowest BCUT2D eigenvalue weighted by atomic mass is 10.1. The van der Waals surface area contributed by atoms with E-state index in [9.17, 15) is 0 Å². The number of halogens is 2. The summed E-state index contributed by atoms with van der Waals surface area (Å²) in [6, 6.07) is 6.61. The second-order valence-electron chi connectivity index (χ2n) is 5.63. The number of rotatable bonds is 7. The van der Waals surface area contributed by atoms with Gasteiger partial charge in [-0.1, -0.05) is 42.6 Å². The van der Waals surface area contributed by atoms with E-state index >= 15 is 0 Å². The number of nitrogens with zero attached hydrogens (tertiary/aromatic N) is 1. The van der Waals surface area contributed by atoms with E-state index in [4.69, 9.17) is 23.2 Å². The third kappa shape index (κ3) is 4.92. The maximum absolute atomic E-state index is 6.11. The normalized spacial score (nSPS) is 18.9. The topological polar surface area (TPSA) is 15.3 Å². The van der Waals surface area contributed by atoms with Crippen LogP contribution in [-0.2, 0) is 6.54 Å². The van der Waals surface area contributed by atoms with Crippen LogP contribution in [0.1, 0.15) is 38.2 Å². The molecule has 0 bridgehead atoms. The van der Waals surface area contributed by atoms with E-state index in [1.165, 1.54) is 37.8 Å². The average molecular weight is 315 g/mol. The SMILES string of the molecule is CCCCN(Cc1ccc(Cl)c(Cl)c1)CC1CCCN1. The number of hydrogen-bond acceptors (Lipinski definition) is 2. The molecule has 1 aromatic rings. The maximum atomic E-state index is 6.11. The summed E-state index contributed by atoms with van der Waals surface area (Å²) in [6.45, 7) is 6.63. The average Bonchev–Trinajstić information content (AvgIpc) is 2.93. The van der Waals surface area contributed by atoms with Crippen LogP contribution in [0, 0.1) is 0 Å². The van der Waals surface area contributed by atoms with Crippen LogP contribution in [0.25, 0.3) is 0 Å². The van der Waals surface area contributed by atoms with E-state index in [1.807, 2.05) is 12.1 Å². The summed E-state index contributed by atoms with van der Waals surface area (Å²) in [5.41, 5.74) is 1.24. The first-order chi connectivity index (χ1) is 9.69.